The molecule has 0 aliphatic carbocycles. The Labute approximate surface area is 205 Å². The van der Waals surface area contributed by atoms with E-state index in [1.54, 1.807) is 0 Å². The molecule has 2 aromatic heterocycles. The maximum Gasteiger partial charge on any atom is 0.144 e. The molecule has 0 amide bonds. The Morgan fingerprint density at radius 2 is 1.91 bits per heavy atom. The fourth-order valence-corrected chi connectivity index (χ4v) is 6.03. The first-order chi connectivity index (χ1) is 16.9. The molecular formula is C31H29N3O. The summed E-state index contributed by atoms with van der Waals surface area (Å²) in [4.78, 5) is 14.8. The summed E-state index contributed by atoms with van der Waals surface area (Å²) in [5.74, 6) is 0.300. The van der Waals surface area contributed by atoms with E-state index in [1.165, 1.54) is 16.7 Å². The van der Waals surface area contributed by atoms with Crippen LogP contribution in [0.4, 0.5) is 0 Å². The van der Waals surface area contributed by atoms with Crippen molar-refractivity contribution in [1.29, 1.82) is 0 Å². The fraction of sp³-hybridized carbons (Fsp3) is 0.258. The number of benzene rings is 2. The predicted molar refractivity (Wildman–Crippen MR) is 145 cm³/mol. The SMILES string of the molecule is C=CC1=NC2CC(=C)N=C(C)c3c(ccc4c3oc3cc(C)nc(C)c34)CCC2c2ccccc21. The maximum absolute atomic E-state index is 6.49. The fourth-order valence-electron chi connectivity index (χ4n) is 6.03. The van der Waals surface area contributed by atoms with Crippen LogP contribution in [0.1, 0.15) is 59.3 Å². The number of aliphatic imine (C=N–C) groups is 2. The van der Waals surface area contributed by atoms with Crippen LogP contribution in [0.25, 0.3) is 21.9 Å². The third kappa shape index (κ3) is 3.47. The van der Waals surface area contributed by atoms with E-state index in [9.17, 15) is 0 Å². The summed E-state index contributed by atoms with van der Waals surface area (Å²) in [7, 11) is 0. The van der Waals surface area contributed by atoms with Gasteiger partial charge in [-0.1, -0.05) is 49.6 Å². The summed E-state index contributed by atoms with van der Waals surface area (Å²) in [6, 6.07) is 15.2. The van der Waals surface area contributed by atoms with Crippen LogP contribution in [-0.4, -0.2) is 22.4 Å². The largest absolute Gasteiger partial charge is 0.455 e. The Morgan fingerprint density at radius 1 is 1.09 bits per heavy atom. The average Bonchev–Trinajstić information content (AvgIpc) is 3.20. The standard InChI is InChI=1S/C31H29N3O/c1-6-26-23-10-8-7-9-22(23)24-13-11-21-12-14-25-30-20(5)33-18(3)16-28(30)35-31(25)29(21)19(4)32-17(2)15-27(24)34-26/h6-10,12,14,16,24,27H,1-2,11,13,15H2,3-5H3. The van der Waals surface area contributed by atoms with Crippen LogP contribution < -0.4 is 0 Å². The Kier molecular flexibility index (Phi) is 5.06. The van der Waals surface area contributed by atoms with E-state index in [0.29, 0.717) is 5.92 Å². The summed E-state index contributed by atoms with van der Waals surface area (Å²) in [6.45, 7) is 14.5. The zero-order valence-electron chi connectivity index (χ0n) is 20.6. The molecule has 2 unspecified atom stereocenters. The number of aromatic nitrogens is 1. The molecule has 0 spiro atoms. The van der Waals surface area contributed by atoms with Crippen LogP contribution in [0.5, 0.6) is 0 Å². The number of nitrogens with zero attached hydrogens (tertiary/aromatic N) is 3. The Bertz CT molecular complexity index is 1600. The lowest BCUT2D eigenvalue weighted by atomic mass is 9.78. The quantitative estimate of drug-likeness (QED) is 0.298. The number of hydrogen-bond acceptors (Lipinski definition) is 4. The number of hydrogen-bond donors (Lipinski definition) is 0. The molecule has 4 aromatic rings. The smallest absolute Gasteiger partial charge is 0.144 e. The second-order valence-corrected chi connectivity index (χ2v) is 9.79. The van der Waals surface area contributed by atoms with Gasteiger partial charge in [0.1, 0.15) is 11.2 Å². The highest BCUT2D eigenvalue weighted by Crippen LogP contribution is 2.40. The Hall–Kier alpha value is -3.79. The van der Waals surface area contributed by atoms with Crippen molar-refractivity contribution in [3.63, 3.8) is 0 Å². The summed E-state index contributed by atoms with van der Waals surface area (Å²) < 4.78 is 6.49. The maximum atomic E-state index is 6.49. The lowest BCUT2D eigenvalue weighted by Crippen LogP contribution is -2.27. The van der Waals surface area contributed by atoms with Crippen LogP contribution >= 0.6 is 0 Å². The number of fused-ring (bicyclic) bond motifs is 8. The number of aryl methyl sites for hydroxylation is 3. The van der Waals surface area contributed by atoms with Gasteiger partial charge in [-0.3, -0.25) is 15.0 Å². The molecule has 2 aliphatic heterocycles. The molecule has 0 radical (unpaired) electrons. The van der Waals surface area contributed by atoms with Gasteiger partial charge in [0.25, 0.3) is 0 Å². The minimum Gasteiger partial charge on any atom is -0.455 e. The highest BCUT2D eigenvalue weighted by atomic mass is 16.3. The van der Waals surface area contributed by atoms with Crippen molar-refractivity contribution in [2.45, 2.75) is 52.0 Å². The van der Waals surface area contributed by atoms with Gasteiger partial charge in [0, 0.05) is 63.1 Å². The first-order valence-electron chi connectivity index (χ1n) is 12.3. The molecule has 0 fully saturated rings. The molecule has 4 heteroatoms. The monoisotopic (exact) mass is 459 g/mol. The number of rotatable bonds is 1. The zero-order chi connectivity index (χ0) is 24.3. The van der Waals surface area contributed by atoms with Crippen molar-refractivity contribution in [2.75, 3.05) is 0 Å². The molecule has 0 N–H and O–H groups in total. The lowest BCUT2D eigenvalue weighted by Gasteiger charge is -2.32. The van der Waals surface area contributed by atoms with Gasteiger partial charge < -0.3 is 4.42 Å². The Balaban J connectivity index is 1.54. The van der Waals surface area contributed by atoms with Crippen LogP contribution in [0.15, 0.2) is 81.8 Å². The summed E-state index contributed by atoms with van der Waals surface area (Å²) >= 11 is 0. The van der Waals surface area contributed by atoms with Crippen LogP contribution in [0.3, 0.4) is 0 Å². The molecule has 4 nitrogen and oxygen atoms in total. The minimum absolute atomic E-state index is 0.107. The van der Waals surface area contributed by atoms with E-state index >= 15 is 0 Å². The second-order valence-electron chi connectivity index (χ2n) is 9.79. The summed E-state index contributed by atoms with van der Waals surface area (Å²) in [6.07, 6.45) is 4.51. The average molecular weight is 460 g/mol. The molecule has 35 heavy (non-hydrogen) atoms. The van der Waals surface area contributed by atoms with Gasteiger partial charge in [0.15, 0.2) is 0 Å². The van der Waals surface area contributed by atoms with Gasteiger partial charge in [0.2, 0.25) is 0 Å². The number of allylic oxidation sites excluding steroid dienone is 1. The van der Waals surface area contributed by atoms with Gasteiger partial charge in [-0.15, -0.1) is 0 Å². The van der Waals surface area contributed by atoms with E-state index in [2.05, 4.69) is 68.4 Å². The normalized spacial score (nSPS) is 20.0. The molecule has 0 saturated carbocycles. The number of furan rings is 1. The Morgan fingerprint density at radius 3 is 2.74 bits per heavy atom. The summed E-state index contributed by atoms with van der Waals surface area (Å²) in [5.41, 5.74) is 11.4. The molecule has 0 saturated heterocycles. The van der Waals surface area contributed by atoms with Gasteiger partial charge in [-0.2, -0.15) is 0 Å². The van der Waals surface area contributed by atoms with Crippen molar-refractivity contribution in [1.82, 2.24) is 4.98 Å². The first-order valence-corrected chi connectivity index (χ1v) is 12.3. The molecule has 6 rings (SSSR count). The van der Waals surface area contributed by atoms with E-state index in [4.69, 9.17) is 14.4 Å². The van der Waals surface area contributed by atoms with E-state index in [0.717, 1.165) is 75.3 Å². The molecule has 4 heterocycles. The van der Waals surface area contributed by atoms with Crippen molar-refractivity contribution in [3.05, 3.63) is 101 Å². The second kappa shape index (κ2) is 8.16. The molecule has 174 valence electrons. The van der Waals surface area contributed by atoms with Gasteiger partial charge in [-0.25, -0.2) is 0 Å². The molecule has 0 bridgehead atoms. The number of pyridine rings is 1. The third-order valence-corrected chi connectivity index (χ3v) is 7.47. The van der Waals surface area contributed by atoms with Crippen LogP contribution in [0, 0.1) is 13.8 Å². The lowest BCUT2D eigenvalue weighted by molar-refractivity contribution is 0.490. The van der Waals surface area contributed by atoms with Crippen molar-refractivity contribution in [3.8, 4) is 0 Å². The van der Waals surface area contributed by atoms with Gasteiger partial charge >= 0.3 is 0 Å². The summed E-state index contributed by atoms with van der Waals surface area (Å²) in [5, 5.41) is 2.19. The van der Waals surface area contributed by atoms with E-state index < -0.39 is 0 Å². The van der Waals surface area contributed by atoms with Crippen molar-refractivity contribution < 1.29 is 4.42 Å². The highest BCUT2D eigenvalue weighted by Gasteiger charge is 2.31. The highest BCUT2D eigenvalue weighted by molar-refractivity contribution is 6.16. The van der Waals surface area contributed by atoms with Crippen molar-refractivity contribution >= 4 is 33.4 Å². The van der Waals surface area contributed by atoms with Crippen molar-refractivity contribution in [2.24, 2.45) is 9.98 Å². The van der Waals surface area contributed by atoms with Gasteiger partial charge in [-0.05, 0) is 50.8 Å². The van der Waals surface area contributed by atoms with E-state index in [-0.39, 0.29) is 6.04 Å². The van der Waals surface area contributed by atoms with Crippen LogP contribution in [-0.2, 0) is 6.42 Å². The predicted octanol–water partition coefficient (Wildman–Crippen LogP) is 7.40. The molecule has 2 atom stereocenters. The molecule has 2 aromatic carbocycles. The van der Waals surface area contributed by atoms with Gasteiger partial charge in [0.05, 0.1) is 11.8 Å². The van der Waals surface area contributed by atoms with Crippen LogP contribution in [0.2, 0.25) is 0 Å². The first kappa shape index (κ1) is 21.7. The minimum atomic E-state index is 0.107. The van der Waals surface area contributed by atoms with E-state index in [1.807, 2.05) is 19.1 Å². The third-order valence-electron chi connectivity index (χ3n) is 7.47. The zero-order valence-corrected chi connectivity index (χ0v) is 20.6. The molecule has 2 aliphatic rings. The topological polar surface area (TPSA) is 50.8 Å². The molecular weight excluding hydrogens is 430 g/mol.